The molecule has 0 unspecified atom stereocenters. The Labute approximate surface area is 87.1 Å². The predicted molar refractivity (Wildman–Crippen MR) is 58.2 cm³/mol. The van der Waals surface area contributed by atoms with Crippen LogP contribution in [0, 0.1) is 0 Å². The van der Waals surface area contributed by atoms with Crippen molar-refractivity contribution in [1.82, 2.24) is 9.80 Å². The molecule has 1 aliphatic rings. The molecule has 0 bridgehead atoms. The molecule has 1 rings (SSSR count). The average Bonchev–Trinajstić information content (AvgIpc) is 2.01. The molecule has 0 atom stereocenters. The summed E-state index contributed by atoms with van der Waals surface area (Å²) in [6, 6.07) is 0.473. The van der Waals surface area contributed by atoms with Crippen molar-refractivity contribution in [2.45, 2.75) is 46.2 Å². The molecular formula is C11H22N2O. The minimum atomic E-state index is -0.0276. The van der Waals surface area contributed by atoms with Crippen molar-refractivity contribution in [3.63, 3.8) is 0 Å². The van der Waals surface area contributed by atoms with E-state index in [1.165, 1.54) is 0 Å². The number of carbonyl (C=O) groups excluding carboxylic acids is 1. The van der Waals surface area contributed by atoms with Gasteiger partial charge in [-0.05, 0) is 34.6 Å². The van der Waals surface area contributed by atoms with Gasteiger partial charge in [0, 0.05) is 24.7 Å². The molecule has 1 saturated heterocycles. The molecule has 0 radical (unpaired) electrons. The Morgan fingerprint density at radius 3 is 2.14 bits per heavy atom. The van der Waals surface area contributed by atoms with Crippen molar-refractivity contribution >= 4 is 5.91 Å². The molecule has 14 heavy (non-hydrogen) atoms. The van der Waals surface area contributed by atoms with Gasteiger partial charge >= 0.3 is 0 Å². The lowest BCUT2D eigenvalue weighted by Gasteiger charge is -2.43. The second-order valence-corrected chi connectivity index (χ2v) is 5.28. The molecular weight excluding hydrogens is 176 g/mol. The van der Waals surface area contributed by atoms with Crippen LogP contribution < -0.4 is 0 Å². The molecule has 1 amide bonds. The lowest BCUT2D eigenvalue weighted by atomic mass is 10.0. The summed E-state index contributed by atoms with van der Waals surface area (Å²) in [7, 11) is 0. The summed E-state index contributed by atoms with van der Waals surface area (Å²) in [5.74, 6) is 0.262. The Kier molecular flexibility index (Phi) is 3.20. The molecule has 3 heteroatoms. The zero-order valence-corrected chi connectivity index (χ0v) is 10.0. The highest BCUT2D eigenvalue weighted by molar-refractivity contribution is 5.79. The first kappa shape index (κ1) is 11.5. The van der Waals surface area contributed by atoms with Gasteiger partial charge in [0.05, 0.1) is 6.54 Å². The summed E-state index contributed by atoms with van der Waals surface area (Å²) in [5, 5.41) is 0. The van der Waals surface area contributed by atoms with Crippen LogP contribution in [0.25, 0.3) is 0 Å². The summed E-state index contributed by atoms with van der Waals surface area (Å²) in [4.78, 5) is 16.0. The summed E-state index contributed by atoms with van der Waals surface area (Å²) in [5.41, 5.74) is -0.0276. The second kappa shape index (κ2) is 3.89. The second-order valence-electron chi connectivity index (χ2n) is 5.28. The molecule has 0 spiro atoms. The molecule has 0 aromatic rings. The van der Waals surface area contributed by atoms with Gasteiger partial charge in [-0.3, -0.25) is 9.69 Å². The fourth-order valence-electron chi connectivity index (χ4n) is 1.84. The van der Waals surface area contributed by atoms with E-state index in [4.69, 9.17) is 0 Å². The Balaban J connectivity index is 2.61. The number of carbonyl (C=O) groups is 1. The zero-order valence-electron chi connectivity index (χ0n) is 10.0. The lowest BCUT2D eigenvalue weighted by Crippen LogP contribution is -2.58. The summed E-state index contributed by atoms with van der Waals surface area (Å²) in [6.45, 7) is 13.0. The zero-order chi connectivity index (χ0) is 10.9. The standard InChI is InChI=1S/C11H22N2O/c1-9(2)12-6-7-13(10(14)8-12)11(3,4)5/h9H,6-8H2,1-5H3. The van der Waals surface area contributed by atoms with E-state index in [1.807, 2.05) is 4.90 Å². The third-order valence-electron chi connectivity index (χ3n) is 2.79. The van der Waals surface area contributed by atoms with E-state index in [9.17, 15) is 4.79 Å². The van der Waals surface area contributed by atoms with E-state index < -0.39 is 0 Å². The number of amides is 1. The van der Waals surface area contributed by atoms with Crippen molar-refractivity contribution < 1.29 is 4.79 Å². The monoisotopic (exact) mass is 198 g/mol. The highest BCUT2D eigenvalue weighted by atomic mass is 16.2. The highest BCUT2D eigenvalue weighted by Gasteiger charge is 2.31. The Morgan fingerprint density at radius 2 is 1.79 bits per heavy atom. The van der Waals surface area contributed by atoms with Gasteiger partial charge in [0.1, 0.15) is 0 Å². The van der Waals surface area contributed by atoms with Gasteiger partial charge in [-0.25, -0.2) is 0 Å². The van der Waals surface area contributed by atoms with E-state index in [0.717, 1.165) is 13.1 Å². The average molecular weight is 198 g/mol. The summed E-state index contributed by atoms with van der Waals surface area (Å²) in [6.07, 6.45) is 0. The maximum Gasteiger partial charge on any atom is 0.237 e. The Bertz CT molecular complexity index is 218. The van der Waals surface area contributed by atoms with Crippen molar-refractivity contribution in [2.75, 3.05) is 19.6 Å². The molecule has 82 valence electrons. The molecule has 0 aliphatic carbocycles. The Morgan fingerprint density at radius 1 is 1.21 bits per heavy atom. The van der Waals surface area contributed by atoms with Crippen LogP contribution in [0.4, 0.5) is 0 Å². The van der Waals surface area contributed by atoms with Crippen molar-refractivity contribution in [3.05, 3.63) is 0 Å². The normalized spacial score (nSPS) is 20.7. The van der Waals surface area contributed by atoms with Gasteiger partial charge in [0.2, 0.25) is 5.91 Å². The van der Waals surface area contributed by atoms with Gasteiger partial charge in [0.15, 0.2) is 0 Å². The van der Waals surface area contributed by atoms with Crippen LogP contribution >= 0.6 is 0 Å². The number of piperazine rings is 1. The van der Waals surface area contributed by atoms with Crippen LogP contribution in [0.2, 0.25) is 0 Å². The maximum atomic E-state index is 11.8. The van der Waals surface area contributed by atoms with Gasteiger partial charge in [-0.15, -0.1) is 0 Å². The first-order valence-electron chi connectivity index (χ1n) is 5.37. The van der Waals surface area contributed by atoms with Crippen LogP contribution in [0.5, 0.6) is 0 Å². The molecule has 0 saturated carbocycles. The van der Waals surface area contributed by atoms with Crippen molar-refractivity contribution in [2.24, 2.45) is 0 Å². The van der Waals surface area contributed by atoms with Crippen LogP contribution in [-0.4, -0.2) is 46.9 Å². The minimum absolute atomic E-state index is 0.0276. The third kappa shape index (κ3) is 2.47. The fourth-order valence-corrected chi connectivity index (χ4v) is 1.84. The van der Waals surface area contributed by atoms with E-state index >= 15 is 0 Å². The topological polar surface area (TPSA) is 23.6 Å². The Hall–Kier alpha value is -0.570. The highest BCUT2D eigenvalue weighted by Crippen LogP contribution is 2.17. The first-order chi connectivity index (χ1) is 6.32. The van der Waals surface area contributed by atoms with Gasteiger partial charge < -0.3 is 4.90 Å². The molecule has 1 heterocycles. The van der Waals surface area contributed by atoms with Gasteiger partial charge in [0.25, 0.3) is 0 Å². The SMILES string of the molecule is CC(C)N1CCN(C(C)(C)C)C(=O)C1. The van der Waals surface area contributed by atoms with Crippen LogP contribution in [0.3, 0.4) is 0 Å². The first-order valence-corrected chi connectivity index (χ1v) is 5.37. The number of hydrogen-bond acceptors (Lipinski definition) is 2. The van der Waals surface area contributed by atoms with E-state index in [-0.39, 0.29) is 11.4 Å². The van der Waals surface area contributed by atoms with E-state index in [2.05, 4.69) is 39.5 Å². The molecule has 0 aromatic heterocycles. The number of rotatable bonds is 1. The molecule has 1 aliphatic heterocycles. The van der Waals surface area contributed by atoms with Gasteiger partial charge in [-0.2, -0.15) is 0 Å². The van der Waals surface area contributed by atoms with Gasteiger partial charge in [-0.1, -0.05) is 0 Å². The van der Waals surface area contributed by atoms with Crippen molar-refractivity contribution in [3.8, 4) is 0 Å². The number of hydrogen-bond donors (Lipinski definition) is 0. The molecule has 0 aromatic carbocycles. The largest absolute Gasteiger partial charge is 0.335 e. The summed E-state index contributed by atoms with van der Waals surface area (Å²) >= 11 is 0. The molecule has 3 nitrogen and oxygen atoms in total. The third-order valence-corrected chi connectivity index (χ3v) is 2.79. The quantitative estimate of drug-likeness (QED) is 0.635. The minimum Gasteiger partial charge on any atom is -0.335 e. The van der Waals surface area contributed by atoms with E-state index in [1.54, 1.807) is 0 Å². The molecule has 1 fully saturated rings. The van der Waals surface area contributed by atoms with Crippen LogP contribution in [0.15, 0.2) is 0 Å². The van der Waals surface area contributed by atoms with Crippen LogP contribution in [-0.2, 0) is 4.79 Å². The van der Waals surface area contributed by atoms with E-state index in [0.29, 0.717) is 12.6 Å². The maximum absolute atomic E-state index is 11.8. The fraction of sp³-hybridized carbons (Fsp3) is 0.909. The van der Waals surface area contributed by atoms with Crippen LogP contribution in [0.1, 0.15) is 34.6 Å². The van der Waals surface area contributed by atoms with Crippen molar-refractivity contribution in [1.29, 1.82) is 0 Å². The predicted octanol–water partition coefficient (Wildman–Crippen LogP) is 1.34. The number of nitrogens with zero attached hydrogens (tertiary/aromatic N) is 2. The smallest absolute Gasteiger partial charge is 0.237 e. The summed E-state index contributed by atoms with van der Waals surface area (Å²) < 4.78 is 0. The lowest BCUT2D eigenvalue weighted by molar-refractivity contribution is -0.142. The molecule has 0 N–H and O–H groups in total.